The lowest BCUT2D eigenvalue weighted by Crippen LogP contribution is -2.36. The number of para-hydroxylation sites is 1. The van der Waals surface area contributed by atoms with Gasteiger partial charge in [0.25, 0.3) is 10.0 Å². The van der Waals surface area contributed by atoms with Gasteiger partial charge in [-0.2, -0.15) is 0 Å². The predicted octanol–water partition coefficient (Wildman–Crippen LogP) is 6.63. The van der Waals surface area contributed by atoms with E-state index in [1.165, 1.54) is 7.11 Å². The third kappa shape index (κ3) is 7.38. The molecule has 0 bridgehead atoms. The summed E-state index contributed by atoms with van der Waals surface area (Å²) >= 11 is 13.0. The molecule has 40 heavy (non-hydrogen) atoms. The number of carbonyl (C=O) groups excluding carboxylic acids is 1. The van der Waals surface area contributed by atoms with Crippen molar-refractivity contribution in [1.82, 2.24) is 10.0 Å². The quantitative estimate of drug-likeness (QED) is 0.162. The van der Waals surface area contributed by atoms with Gasteiger partial charge in [0.15, 0.2) is 11.5 Å². The van der Waals surface area contributed by atoms with Crippen LogP contribution in [0.25, 0.3) is 11.1 Å². The lowest BCUT2D eigenvalue weighted by Gasteiger charge is -2.14. The maximum Gasteiger partial charge on any atom is 0.319 e. The zero-order valence-corrected chi connectivity index (χ0v) is 24.5. The zero-order chi connectivity index (χ0) is 28.7. The fraction of sp³-hybridized carbons (Fsp3) is 0.148. The van der Waals surface area contributed by atoms with E-state index in [2.05, 4.69) is 15.4 Å². The molecule has 210 valence electrons. The van der Waals surface area contributed by atoms with Crippen LogP contribution in [0, 0.1) is 0 Å². The van der Waals surface area contributed by atoms with Gasteiger partial charge in [0, 0.05) is 46.0 Å². The summed E-state index contributed by atoms with van der Waals surface area (Å²) in [6.07, 6.45) is 0. The number of sulfonamides is 1. The van der Waals surface area contributed by atoms with Gasteiger partial charge in [-0.3, -0.25) is 0 Å². The van der Waals surface area contributed by atoms with Gasteiger partial charge in [-0.1, -0.05) is 41.4 Å². The van der Waals surface area contributed by atoms with Gasteiger partial charge in [0.05, 0.1) is 14.2 Å². The first-order valence-corrected chi connectivity index (χ1v) is 14.9. The smallest absolute Gasteiger partial charge is 0.319 e. The lowest BCUT2D eigenvalue weighted by atomic mass is 10.1. The number of hydrogen-bond donors (Lipinski definition) is 3. The topological polar surface area (TPSA) is 115 Å². The van der Waals surface area contributed by atoms with E-state index in [9.17, 15) is 13.2 Å². The van der Waals surface area contributed by atoms with E-state index in [0.717, 1.165) is 11.3 Å². The van der Waals surface area contributed by atoms with E-state index in [1.54, 1.807) is 79.2 Å². The van der Waals surface area contributed by atoms with Crippen molar-refractivity contribution in [2.45, 2.75) is 4.21 Å². The number of rotatable bonds is 11. The average Bonchev–Trinajstić information content (AvgIpc) is 3.42. The monoisotopic (exact) mass is 621 g/mol. The van der Waals surface area contributed by atoms with Crippen LogP contribution in [0.1, 0.15) is 0 Å². The molecule has 3 aromatic carbocycles. The number of halogens is 2. The highest BCUT2D eigenvalue weighted by Crippen LogP contribution is 2.40. The van der Waals surface area contributed by atoms with Crippen molar-refractivity contribution in [2.24, 2.45) is 0 Å². The molecule has 0 aliphatic rings. The van der Waals surface area contributed by atoms with Crippen LogP contribution in [-0.4, -0.2) is 41.8 Å². The van der Waals surface area contributed by atoms with Crippen molar-refractivity contribution in [3.8, 4) is 34.1 Å². The molecule has 1 heterocycles. The maximum absolute atomic E-state index is 13.2. The van der Waals surface area contributed by atoms with Crippen molar-refractivity contribution >= 4 is 56.3 Å². The second-order valence-electron chi connectivity index (χ2n) is 8.17. The SMILES string of the molecule is COc1ccc(Oc2ccccc2-c2ccsc2S(=O)(=O)NCCNC(=O)Nc2cc(Cl)cc(Cl)c2)cc1OC. The van der Waals surface area contributed by atoms with Crippen molar-refractivity contribution in [2.75, 3.05) is 32.6 Å². The van der Waals surface area contributed by atoms with Crippen LogP contribution in [-0.2, 0) is 10.0 Å². The van der Waals surface area contributed by atoms with Crippen LogP contribution in [0.15, 0.2) is 76.3 Å². The first kappa shape index (κ1) is 29.5. The molecule has 0 saturated heterocycles. The number of methoxy groups -OCH3 is 2. The van der Waals surface area contributed by atoms with Crippen LogP contribution >= 0.6 is 34.5 Å². The van der Waals surface area contributed by atoms with E-state index in [-0.39, 0.29) is 17.3 Å². The Hall–Kier alpha value is -3.48. The molecule has 9 nitrogen and oxygen atoms in total. The summed E-state index contributed by atoms with van der Waals surface area (Å²) in [6, 6.07) is 18.1. The minimum atomic E-state index is -3.90. The van der Waals surface area contributed by atoms with Gasteiger partial charge in [-0.15, -0.1) is 11.3 Å². The molecule has 0 fully saturated rings. The maximum atomic E-state index is 13.2. The second-order valence-corrected chi connectivity index (χ2v) is 11.9. The van der Waals surface area contributed by atoms with Gasteiger partial charge in [-0.25, -0.2) is 17.9 Å². The highest BCUT2D eigenvalue weighted by atomic mass is 35.5. The van der Waals surface area contributed by atoms with Crippen LogP contribution < -0.4 is 29.6 Å². The van der Waals surface area contributed by atoms with E-state index in [1.807, 2.05) is 0 Å². The summed E-state index contributed by atoms with van der Waals surface area (Å²) in [4.78, 5) is 12.2. The number of amides is 2. The first-order chi connectivity index (χ1) is 19.2. The minimum absolute atomic E-state index is 0.0345. The number of carbonyl (C=O) groups is 1. The Balaban J connectivity index is 1.43. The molecule has 0 saturated carbocycles. The largest absolute Gasteiger partial charge is 0.493 e. The molecular weight excluding hydrogens is 597 g/mol. The molecular formula is C27H25Cl2N3O6S2. The van der Waals surface area contributed by atoms with Crippen LogP contribution in [0.3, 0.4) is 0 Å². The molecule has 13 heteroatoms. The standard InChI is InChI=1S/C27H25Cl2N3O6S2/c1-36-24-8-7-20(16-25(24)37-2)38-23-6-4-3-5-21(23)22-9-12-39-26(22)40(34,35)31-11-10-30-27(33)32-19-14-17(28)13-18(29)15-19/h3-9,12-16,31H,10-11H2,1-2H3,(H2,30,32,33). The van der Waals surface area contributed by atoms with Crippen molar-refractivity contribution in [1.29, 1.82) is 0 Å². The molecule has 0 aliphatic heterocycles. The molecule has 1 aromatic heterocycles. The Morgan fingerprint density at radius 3 is 2.30 bits per heavy atom. The fourth-order valence-electron chi connectivity index (χ4n) is 3.72. The van der Waals surface area contributed by atoms with Crippen molar-refractivity contribution < 1.29 is 27.4 Å². The molecule has 4 aromatic rings. The predicted molar refractivity (Wildman–Crippen MR) is 158 cm³/mol. The van der Waals surface area contributed by atoms with Crippen LogP contribution in [0.2, 0.25) is 10.0 Å². The van der Waals surface area contributed by atoms with Gasteiger partial charge in [-0.05, 0) is 47.8 Å². The van der Waals surface area contributed by atoms with Gasteiger partial charge in [0.1, 0.15) is 15.7 Å². The minimum Gasteiger partial charge on any atom is -0.493 e. The molecule has 0 spiro atoms. The molecule has 0 aliphatic carbocycles. The Morgan fingerprint density at radius 1 is 0.850 bits per heavy atom. The van der Waals surface area contributed by atoms with E-state index in [4.69, 9.17) is 37.4 Å². The summed E-state index contributed by atoms with van der Waals surface area (Å²) in [5.41, 5.74) is 1.49. The normalized spacial score (nSPS) is 11.1. The van der Waals surface area contributed by atoms with E-state index >= 15 is 0 Å². The first-order valence-electron chi connectivity index (χ1n) is 11.8. The number of hydrogen-bond acceptors (Lipinski definition) is 7. The summed E-state index contributed by atoms with van der Waals surface area (Å²) in [6.45, 7) is 0.00621. The number of benzene rings is 3. The van der Waals surface area contributed by atoms with Crippen molar-refractivity contribution in [3.05, 3.63) is 82.2 Å². The summed E-state index contributed by atoms with van der Waals surface area (Å²) in [7, 11) is -0.829. The molecule has 0 atom stereocenters. The van der Waals surface area contributed by atoms with Gasteiger partial charge < -0.3 is 24.8 Å². The summed E-state index contributed by atoms with van der Waals surface area (Å²) < 4.78 is 45.8. The number of anilines is 1. The highest BCUT2D eigenvalue weighted by Gasteiger charge is 2.23. The zero-order valence-electron chi connectivity index (χ0n) is 21.4. The second kappa shape index (κ2) is 13.2. The van der Waals surface area contributed by atoms with E-state index < -0.39 is 16.1 Å². The highest BCUT2D eigenvalue weighted by molar-refractivity contribution is 7.91. The Labute approximate surface area is 246 Å². The lowest BCUT2D eigenvalue weighted by molar-refractivity contribution is 0.252. The molecule has 0 radical (unpaired) electrons. The number of ether oxygens (including phenoxy) is 3. The Kier molecular flexibility index (Phi) is 9.77. The van der Waals surface area contributed by atoms with Crippen molar-refractivity contribution in [3.63, 3.8) is 0 Å². The third-order valence-electron chi connectivity index (χ3n) is 5.46. The molecule has 4 rings (SSSR count). The van der Waals surface area contributed by atoms with E-state index in [0.29, 0.717) is 49.9 Å². The third-order valence-corrected chi connectivity index (χ3v) is 8.84. The molecule has 3 N–H and O–H groups in total. The van der Waals surface area contributed by atoms with Gasteiger partial charge in [0.2, 0.25) is 0 Å². The number of thiophene rings is 1. The average molecular weight is 623 g/mol. The molecule has 2 amide bonds. The number of nitrogens with one attached hydrogen (secondary N) is 3. The fourth-order valence-corrected chi connectivity index (χ4v) is 6.69. The van der Waals surface area contributed by atoms with Crippen LogP contribution in [0.4, 0.5) is 10.5 Å². The van der Waals surface area contributed by atoms with Gasteiger partial charge >= 0.3 is 6.03 Å². The number of urea groups is 1. The summed E-state index contributed by atoms with van der Waals surface area (Å²) in [5, 5.41) is 7.63. The van der Waals surface area contributed by atoms with Crippen LogP contribution in [0.5, 0.6) is 23.0 Å². The summed E-state index contributed by atoms with van der Waals surface area (Å²) in [5.74, 6) is 2.01. The Morgan fingerprint density at radius 2 is 1.57 bits per heavy atom. The Bertz CT molecular complexity index is 1590. The molecule has 0 unspecified atom stereocenters.